The highest BCUT2D eigenvalue weighted by molar-refractivity contribution is 7.91. The quantitative estimate of drug-likeness (QED) is 0.295. The number of benzene rings is 2. The first-order valence-corrected chi connectivity index (χ1v) is 15.2. The van der Waals surface area contributed by atoms with Gasteiger partial charge < -0.3 is 24.4 Å². The maximum absolute atomic E-state index is 13.1. The number of rotatable bonds is 13. The third kappa shape index (κ3) is 8.18. The summed E-state index contributed by atoms with van der Waals surface area (Å²) in [5.74, 6) is 0.490. The standard InChI is InChI=1S/C30H32F2N4O6S/c1-3-43(38,39)26-11-6-20(7-12-26)27(14-15-33)35-29(37)21-4-8-22(9-5-21)36-18-25(16-23(36)19-41-30(31)32)42-24-10-13-28(40-2)34-17-24/h4-13,17,23,25,27,30H,3,14,16,18-19H2,1-2H3,(H,35,37)/t23-,25-,27-/m0/s1. The molecule has 1 amide bonds. The number of hydrogen-bond acceptors (Lipinski definition) is 9. The van der Waals surface area contributed by atoms with Crippen LogP contribution in [-0.4, -0.2) is 64.1 Å². The van der Waals surface area contributed by atoms with Gasteiger partial charge >= 0.3 is 6.61 Å². The van der Waals surface area contributed by atoms with Gasteiger partial charge in [0, 0.05) is 23.7 Å². The van der Waals surface area contributed by atoms with Gasteiger partial charge in [-0.2, -0.15) is 14.0 Å². The third-order valence-electron chi connectivity index (χ3n) is 7.10. The van der Waals surface area contributed by atoms with Crippen LogP contribution >= 0.6 is 0 Å². The highest BCUT2D eigenvalue weighted by Gasteiger charge is 2.34. The molecule has 228 valence electrons. The summed E-state index contributed by atoms with van der Waals surface area (Å²) >= 11 is 0. The Morgan fingerprint density at radius 3 is 2.44 bits per heavy atom. The summed E-state index contributed by atoms with van der Waals surface area (Å²) in [7, 11) is -1.87. The lowest BCUT2D eigenvalue weighted by Gasteiger charge is -2.26. The highest BCUT2D eigenvalue weighted by atomic mass is 32.2. The summed E-state index contributed by atoms with van der Waals surface area (Å²) in [5.41, 5.74) is 1.62. The maximum atomic E-state index is 13.1. The van der Waals surface area contributed by atoms with Crippen molar-refractivity contribution >= 4 is 21.4 Å². The number of halogens is 2. The van der Waals surface area contributed by atoms with E-state index in [0.717, 1.165) is 0 Å². The summed E-state index contributed by atoms with van der Waals surface area (Å²) in [4.78, 5) is 19.3. The van der Waals surface area contributed by atoms with Crippen LogP contribution in [0.15, 0.2) is 71.8 Å². The van der Waals surface area contributed by atoms with Crippen molar-refractivity contribution in [1.82, 2.24) is 10.3 Å². The molecule has 10 nitrogen and oxygen atoms in total. The molecule has 0 spiro atoms. The molecule has 1 N–H and O–H groups in total. The van der Waals surface area contributed by atoms with E-state index in [1.165, 1.54) is 25.4 Å². The monoisotopic (exact) mass is 614 g/mol. The number of carbonyl (C=O) groups excluding carboxylic acids is 1. The van der Waals surface area contributed by atoms with Crippen LogP contribution in [0.2, 0.25) is 0 Å². The van der Waals surface area contributed by atoms with E-state index in [4.69, 9.17) is 9.47 Å². The van der Waals surface area contributed by atoms with Crippen molar-refractivity contribution in [2.24, 2.45) is 0 Å². The number of nitriles is 1. The van der Waals surface area contributed by atoms with E-state index in [1.54, 1.807) is 55.5 Å². The number of nitrogens with zero attached hydrogens (tertiary/aromatic N) is 3. The molecule has 43 heavy (non-hydrogen) atoms. The number of alkyl halides is 2. The second-order valence-electron chi connectivity index (χ2n) is 9.82. The molecule has 13 heteroatoms. The second kappa shape index (κ2) is 14.3. The van der Waals surface area contributed by atoms with Crippen LogP contribution in [0.25, 0.3) is 0 Å². The van der Waals surface area contributed by atoms with E-state index < -0.39 is 34.4 Å². The van der Waals surface area contributed by atoms with Crippen LogP contribution in [0.4, 0.5) is 14.5 Å². The molecule has 4 rings (SSSR count). The van der Waals surface area contributed by atoms with Gasteiger partial charge in [-0.05, 0) is 48.0 Å². The van der Waals surface area contributed by atoms with E-state index in [1.807, 2.05) is 4.90 Å². The number of carbonyl (C=O) groups is 1. The summed E-state index contributed by atoms with van der Waals surface area (Å²) in [6, 6.07) is 17.1. The van der Waals surface area contributed by atoms with Crippen molar-refractivity contribution in [1.29, 1.82) is 5.26 Å². The zero-order valence-corrected chi connectivity index (χ0v) is 24.5. The lowest BCUT2D eigenvalue weighted by Crippen LogP contribution is -2.34. The van der Waals surface area contributed by atoms with Gasteiger partial charge in [0.25, 0.3) is 5.91 Å². The van der Waals surface area contributed by atoms with Crippen LogP contribution in [-0.2, 0) is 14.6 Å². The number of pyridine rings is 1. The fourth-order valence-electron chi connectivity index (χ4n) is 4.83. The molecule has 0 bridgehead atoms. The SMILES string of the molecule is CCS(=O)(=O)c1ccc([C@H](CC#N)NC(=O)c2ccc(N3C[C@@H](Oc4ccc(OC)nc4)C[C@H]3COC(F)F)cc2)cc1. The van der Waals surface area contributed by atoms with Gasteiger partial charge in [-0.1, -0.05) is 19.1 Å². The number of nitrogens with one attached hydrogen (secondary N) is 1. The van der Waals surface area contributed by atoms with Crippen molar-refractivity contribution in [2.75, 3.05) is 30.9 Å². The largest absolute Gasteiger partial charge is 0.487 e. The van der Waals surface area contributed by atoms with Gasteiger partial charge in [0.2, 0.25) is 5.88 Å². The fraction of sp³-hybridized carbons (Fsp3) is 0.367. The van der Waals surface area contributed by atoms with Crippen LogP contribution in [0.5, 0.6) is 11.6 Å². The lowest BCUT2D eigenvalue weighted by molar-refractivity contribution is -0.131. The molecule has 1 aromatic heterocycles. The molecule has 1 fully saturated rings. The number of amides is 1. The predicted octanol–water partition coefficient (Wildman–Crippen LogP) is 4.53. The van der Waals surface area contributed by atoms with Crippen LogP contribution < -0.4 is 19.7 Å². The first-order chi connectivity index (χ1) is 20.6. The smallest absolute Gasteiger partial charge is 0.345 e. The molecule has 1 aliphatic heterocycles. The zero-order chi connectivity index (χ0) is 31.0. The summed E-state index contributed by atoms with van der Waals surface area (Å²) in [6.07, 6.45) is 1.61. The number of aromatic nitrogens is 1. The molecule has 1 aliphatic rings. The van der Waals surface area contributed by atoms with Crippen LogP contribution in [0.1, 0.15) is 41.7 Å². The first kappa shape index (κ1) is 31.7. The molecule has 2 heterocycles. The zero-order valence-electron chi connectivity index (χ0n) is 23.7. The van der Waals surface area contributed by atoms with Gasteiger partial charge in [-0.15, -0.1) is 0 Å². The molecule has 0 radical (unpaired) electrons. The second-order valence-corrected chi connectivity index (χ2v) is 12.1. The average molecular weight is 615 g/mol. The van der Waals surface area contributed by atoms with Crippen molar-refractivity contribution in [2.45, 2.75) is 49.5 Å². The molecule has 0 aliphatic carbocycles. The number of sulfone groups is 1. The van der Waals surface area contributed by atoms with Crippen LogP contribution in [0.3, 0.4) is 0 Å². The Hall–Kier alpha value is -4.28. The van der Waals surface area contributed by atoms with E-state index in [2.05, 4.69) is 21.1 Å². The summed E-state index contributed by atoms with van der Waals surface area (Å²) in [6.45, 7) is -1.18. The van der Waals surface area contributed by atoms with Crippen molar-refractivity contribution < 1.29 is 36.2 Å². The minimum absolute atomic E-state index is 0.0194. The predicted molar refractivity (Wildman–Crippen MR) is 154 cm³/mol. The van der Waals surface area contributed by atoms with Gasteiger partial charge in [-0.25, -0.2) is 13.4 Å². The van der Waals surface area contributed by atoms with E-state index in [-0.39, 0.29) is 29.8 Å². The molecule has 3 atom stereocenters. The highest BCUT2D eigenvalue weighted by Crippen LogP contribution is 2.30. The molecule has 0 saturated carbocycles. The lowest BCUT2D eigenvalue weighted by atomic mass is 10.0. The third-order valence-corrected chi connectivity index (χ3v) is 8.85. The normalized spacial score (nSPS) is 17.3. The van der Waals surface area contributed by atoms with Crippen LogP contribution in [0, 0.1) is 11.3 Å². The average Bonchev–Trinajstić information content (AvgIpc) is 3.42. The van der Waals surface area contributed by atoms with E-state index >= 15 is 0 Å². The number of anilines is 1. The van der Waals surface area contributed by atoms with E-state index in [0.29, 0.717) is 41.4 Å². The summed E-state index contributed by atoms with van der Waals surface area (Å²) < 4.78 is 65.7. The minimum Gasteiger partial charge on any atom is -0.487 e. The molecular formula is C30H32F2N4O6S. The first-order valence-electron chi connectivity index (χ1n) is 13.6. The number of ether oxygens (including phenoxy) is 3. The number of methoxy groups -OCH3 is 1. The Morgan fingerprint density at radius 2 is 1.86 bits per heavy atom. The van der Waals surface area contributed by atoms with Gasteiger partial charge in [0.15, 0.2) is 9.84 Å². The Labute approximate surface area is 249 Å². The minimum atomic E-state index is -3.38. The Kier molecular flexibility index (Phi) is 10.5. The Bertz CT molecular complexity index is 1510. The Balaban J connectivity index is 1.45. The number of hydrogen-bond donors (Lipinski definition) is 1. The molecule has 0 unspecified atom stereocenters. The van der Waals surface area contributed by atoms with Crippen molar-refractivity contribution in [3.63, 3.8) is 0 Å². The van der Waals surface area contributed by atoms with Crippen molar-refractivity contribution in [3.8, 4) is 17.7 Å². The molecule has 2 aromatic carbocycles. The fourth-order valence-corrected chi connectivity index (χ4v) is 5.71. The van der Waals surface area contributed by atoms with Crippen molar-refractivity contribution in [3.05, 3.63) is 78.0 Å². The topological polar surface area (TPSA) is 131 Å². The molecule has 1 saturated heterocycles. The maximum Gasteiger partial charge on any atom is 0.345 e. The molecule has 3 aromatic rings. The van der Waals surface area contributed by atoms with Gasteiger partial charge in [-0.3, -0.25) is 4.79 Å². The molecular weight excluding hydrogens is 582 g/mol. The van der Waals surface area contributed by atoms with E-state index in [9.17, 15) is 27.3 Å². The Morgan fingerprint density at radius 1 is 1.14 bits per heavy atom. The summed E-state index contributed by atoms with van der Waals surface area (Å²) in [5, 5.41) is 12.2. The van der Waals surface area contributed by atoms with Gasteiger partial charge in [0.05, 0.1) is 61.7 Å². The van der Waals surface area contributed by atoms with Gasteiger partial charge in [0.1, 0.15) is 11.9 Å².